The summed E-state index contributed by atoms with van der Waals surface area (Å²) in [6, 6.07) is 22.6. The summed E-state index contributed by atoms with van der Waals surface area (Å²) in [6.45, 7) is 6.12. The summed E-state index contributed by atoms with van der Waals surface area (Å²) in [5.74, 6) is 0.585. The fourth-order valence-corrected chi connectivity index (χ4v) is 5.32. The molecule has 2 heterocycles. The van der Waals surface area contributed by atoms with Crippen LogP contribution in [0.25, 0.3) is 22.4 Å². The lowest BCUT2D eigenvalue weighted by molar-refractivity contribution is -0.135. The fourth-order valence-electron chi connectivity index (χ4n) is 5.32. The lowest BCUT2D eigenvalue weighted by atomic mass is 9.97. The normalized spacial score (nSPS) is 17.2. The molecule has 7 heteroatoms. The Balaban J connectivity index is 1.11. The minimum atomic E-state index is -0.633. The lowest BCUT2D eigenvalue weighted by Crippen LogP contribution is -2.49. The van der Waals surface area contributed by atoms with Gasteiger partial charge in [0.2, 0.25) is 11.8 Å². The first-order valence-corrected chi connectivity index (χ1v) is 14.0. The predicted octanol–water partition coefficient (Wildman–Crippen LogP) is 4.07. The summed E-state index contributed by atoms with van der Waals surface area (Å²) >= 11 is 0. The van der Waals surface area contributed by atoms with Crippen LogP contribution in [0.3, 0.4) is 0 Å². The van der Waals surface area contributed by atoms with Crippen LogP contribution in [-0.2, 0) is 9.59 Å². The maximum atomic E-state index is 12.7. The number of hydrogen-bond donors (Lipinski definition) is 1. The van der Waals surface area contributed by atoms with E-state index >= 15 is 0 Å². The maximum Gasteiger partial charge on any atom is 0.246 e. The summed E-state index contributed by atoms with van der Waals surface area (Å²) in [6.07, 6.45) is 5.88. The number of aliphatic hydroxyl groups is 1. The van der Waals surface area contributed by atoms with Gasteiger partial charge < -0.3 is 19.6 Å². The number of benzene rings is 3. The van der Waals surface area contributed by atoms with Crippen molar-refractivity contribution in [1.82, 2.24) is 14.7 Å². The monoisotopic (exact) mass is 539 g/mol. The molecule has 1 atom stereocenters. The van der Waals surface area contributed by atoms with Gasteiger partial charge in [-0.15, -0.1) is 0 Å². The number of aliphatic hydroxyl groups excluding tert-OH is 1. The number of carbonyl (C=O) groups excluding carboxylic acids is 2. The topological polar surface area (TPSA) is 73.3 Å². The Labute approximate surface area is 235 Å². The summed E-state index contributed by atoms with van der Waals surface area (Å²) in [4.78, 5) is 29.9. The first kappa shape index (κ1) is 27.6. The van der Waals surface area contributed by atoms with E-state index in [0.717, 1.165) is 25.1 Å². The molecule has 208 valence electrons. The minimum Gasteiger partial charge on any atom is -0.490 e. The Kier molecular flexibility index (Phi) is 8.94. The number of amides is 2. The summed E-state index contributed by atoms with van der Waals surface area (Å²) in [5, 5.41) is 13.2. The molecule has 1 saturated heterocycles. The Morgan fingerprint density at radius 1 is 0.925 bits per heavy atom. The van der Waals surface area contributed by atoms with Gasteiger partial charge in [0.1, 0.15) is 18.5 Å². The van der Waals surface area contributed by atoms with Gasteiger partial charge in [0.15, 0.2) is 0 Å². The number of piperazine rings is 1. The van der Waals surface area contributed by atoms with Crippen molar-refractivity contribution in [1.29, 1.82) is 0 Å². The molecule has 1 N–H and O–H groups in total. The van der Waals surface area contributed by atoms with Crippen LogP contribution in [-0.4, -0.2) is 90.1 Å². The van der Waals surface area contributed by atoms with E-state index in [2.05, 4.69) is 53.4 Å². The number of nitrogens with zero attached hydrogens (tertiary/aromatic N) is 3. The molecular formula is C33H37N3O4. The highest BCUT2D eigenvalue weighted by atomic mass is 16.5. The number of fused-ring (bicyclic) bond motifs is 1. The van der Waals surface area contributed by atoms with E-state index in [1.807, 2.05) is 24.3 Å². The van der Waals surface area contributed by atoms with E-state index < -0.39 is 6.10 Å². The van der Waals surface area contributed by atoms with Crippen LogP contribution < -0.4 is 4.74 Å². The average molecular weight is 540 g/mol. The summed E-state index contributed by atoms with van der Waals surface area (Å²) in [5.41, 5.74) is 3.40. The fraction of sp³-hybridized carbons (Fsp3) is 0.333. The van der Waals surface area contributed by atoms with Gasteiger partial charge in [-0.3, -0.25) is 14.5 Å². The van der Waals surface area contributed by atoms with Crippen LogP contribution in [0.5, 0.6) is 5.75 Å². The molecule has 1 unspecified atom stereocenters. The number of ether oxygens (including phenoxy) is 1. The number of para-hydroxylation sites is 1. The first-order chi connectivity index (χ1) is 19.5. The molecule has 0 aliphatic carbocycles. The number of β-amino-alcohol motifs (C(OH)–C–C–N with tert-alkyl or cyclic N) is 1. The molecule has 40 heavy (non-hydrogen) atoms. The third-order valence-corrected chi connectivity index (χ3v) is 7.67. The molecule has 7 nitrogen and oxygen atoms in total. The second kappa shape index (κ2) is 12.9. The van der Waals surface area contributed by atoms with E-state index in [1.165, 1.54) is 21.9 Å². The van der Waals surface area contributed by atoms with E-state index in [0.29, 0.717) is 38.5 Å². The van der Waals surface area contributed by atoms with Crippen molar-refractivity contribution >= 4 is 34.2 Å². The molecule has 2 aliphatic rings. The minimum absolute atomic E-state index is 0.0402. The van der Waals surface area contributed by atoms with Crippen LogP contribution in [0.2, 0.25) is 0 Å². The van der Waals surface area contributed by atoms with E-state index in [4.69, 9.17) is 4.74 Å². The van der Waals surface area contributed by atoms with Crippen molar-refractivity contribution in [3.63, 3.8) is 0 Å². The lowest BCUT2D eigenvalue weighted by Gasteiger charge is -2.33. The van der Waals surface area contributed by atoms with E-state index in [9.17, 15) is 14.7 Å². The van der Waals surface area contributed by atoms with Gasteiger partial charge in [0.25, 0.3) is 0 Å². The Morgan fingerprint density at radius 3 is 2.40 bits per heavy atom. The van der Waals surface area contributed by atoms with Crippen LogP contribution in [0.15, 0.2) is 78.9 Å². The second-order valence-electron chi connectivity index (χ2n) is 10.5. The van der Waals surface area contributed by atoms with E-state index in [1.54, 1.807) is 28.9 Å². The van der Waals surface area contributed by atoms with Crippen molar-refractivity contribution in [3.8, 4) is 5.75 Å². The molecule has 2 aliphatic heterocycles. The Bertz CT molecular complexity index is 1410. The first-order valence-electron chi connectivity index (χ1n) is 14.0. The van der Waals surface area contributed by atoms with Crippen molar-refractivity contribution in [2.45, 2.75) is 19.4 Å². The van der Waals surface area contributed by atoms with Crippen LogP contribution >= 0.6 is 0 Å². The Morgan fingerprint density at radius 2 is 1.65 bits per heavy atom. The second-order valence-corrected chi connectivity index (χ2v) is 10.5. The summed E-state index contributed by atoms with van der Waals surface area (Å²) < 4.78 is 5.98. The van der Waals surface area contributed by atoms with Crippen LogP contribution in [0.1, 0.15) is 24.5 Å². The SMILES string of the molecule is CC(=O)N1CCN(C(=O)C=Cc2ccccc2OCC(O)CN2CC=C(c3ccc4ccccc4c3)CC2)CC1. The van der Waals surface area contributed by atoms with Gasteiger partial charge in [-0.2, -0.15) is 0 Å². The highest BCUT2D eigenvalue weighted by Crippen LogP contribution is 2.26. The number of rotatable bonds is 8. The highest BCUT2D eigenvalue weighted by Gasteiger charge is 2.21. The van der Waals surface area contributed by atoms with Gasteiger partial charge in [0.05, 0.1) is 0 Å². The van der Waals surface area contributed by atoms with Gasteiger partial charge in [-0.1, -0.05) is 60.7 Å². The third-order valence-electron chi connectivity index (χ3n) is 7.67. The van der Waals surface area contributed by atoms with Crippen molar-refractivity contribution in [2.75, 3.05) is 52.4 Å². The van der Waals surface area contributed by atoms with Gasteiger partial charge in [-0.25, -0.2) is 0 Å². The zero-order chi connectivity index (χ0) is 27.9. The molecule has 0 aromatic heterocycles. The molecule has 0 saturated carbocycles. The maximum absolute atomic E-state index is 12.7. The predicted molar refractivity (Wildman–Crippen MR) is 159 cm³/mol. The van der Waals surface area contributed by atoms with Crippen LogP contribution in [0.4, 0.5) is 0 Å². The largest absolute Gasteiger partial charge is 0.490 e. The number of carbonyl (C=O) groups is 2. The molecule has 2 amide bonds. The summed E-state index contributed by atoms with van der Waals surface area (Å²) in [7, 11) is 0. The third kappa shape index (κ3) is 6.97. The quantitative estimate of drug-likeness (QED) is 0.437. The Hall–Kier alpha value is -3.94. The van der Waals surface area contributed by atoms with Gasteiger partial charge in [-0.05, 0) is 46.5 Å². The highest BCUT2D eigenvalue weighted by molar-refractivity contribution is 5.92. The van der Waals surface area contributed by atoms with Gasteiger partial charge >= 0.3 is 0 Å². The molecule has 0 spiro atoms. The molecule has 0 bridgehead atoms. The van der Waals surface area contributed by atoms with E-state index in [-0.39, 0.29) is 18.4 Å². The number of hydrogen-bond acceptors (Lipinski definition) is 5. The molecule has 0 radical (unpaired) electrons. The zero-order valence-corrected chi connectivity index (χ0v) is 23.0. The van der Waals surface area contributed by atoms with Crippen molar-refractivity contribution in [3.05, 3.63) is 90.0 Å². The molecule has 1 fully saturated rings. The van der Waals surface area contributed by atoms with Crippen molar-refractivity contribution < 1.29 is 19.4 Å². The van der Waals surface area contributed by atoms with Crippen molar-refractivity contribution in [2.24, 2.45) is 0 Å². The zero-order valence-electron chi connectivity index (χ0n) is 23.0. The average Bonchev–Trinajstić information content (AvgIpc) is 2.99. The molecule has 3 aromatic rings. The molecule has 5 rings (SSSR count). The smallest absolute Gasteiger partial charge is 0.246 e. The standard InChI is InChI=1S/C33H37N3O4/c1-25(37)35-18-20-36(21-19-35)33(39)13-12-28-7-4-5-9-32(28)40-24-31(38)23-34-16-14-27(15-17-34)30-11-10-26-6-2-3-8-29(26)22-30/h2-14,22,31,38H,15-21,23-24H2,1H3. The molecular weight excluding hydrogens is 502 g/mol. The van der Waals surface area contributed by atoms with Gasteiger partial charge in [0, 0.05) is 64.4 Å². The molecule has 3 aromatic carbocycles. The van der Waals surface area contributed by atoms with Crippen LogP contribution in [0, 0.1) is 0 Å².